The molecular weight excluding hydrogens is 432 g/mol. The van der Waals surface area contributed by atoms with Crippen molar-refractivity contribution in [3.05, 3.63) is 111 Å². The summed E-state index contributed by atoms with van der Waals surface area (Å²) in [7, 11) is 0. The van der Waals surface area contributed by atoms with E-state index < -0.39 is 4.92 Å². The molecule has 3 aromatic rings. The van der Waals surface area contributed by atoms with Crippen molar-refractivity contribution in [2.75, 3.05) is 12.3 Å². The number of nitro benzene ring substituents is 1. The lowest BCUT2D eigenvalue weighted by molar-refractivity contribution is -0.384. The number of carbonyl (C=O) groups excluding carboxylic acids is 1. The fourth-order valence-electron chi connectivity index (χ4n) is 2.90. The van der Waals surface area contributed by atoms with Crippen LogP contribution in [0.2, 0.25) is 5.02 Å². The topological polar surface area (TPSA) is 72.2 Å². The van der Waals surface area contributed by atoms with Gasteiger partial charge in [0, 0.05) is 40.8 Å². The molecule has 3 rings (SSSR count). The van der Waals surface area contributed by atoms with Crippen LogP contribution in [0, 0.1) is 10.1 Å². The number of nitrogens with zero attached hydrogens (tertiary/aromatic N) is 1. The molecule has 1 amide bonds. The predicted octanol–water partition coefficient (Wildman–Crippen LogP) is 5.84. The van der Waals surface area contributed by atoms with Crippen molar-refractivity contribution in [3.8, 4) is 0 Å². The Hall–Kier alpha value is -3.09. The number of halogens is 1. The maximum Gasteiger partial charge on any atom is 0.270 e. The molecule has 158 valence electrons. The third-order valence-corrected chi connectivity index (χ3v) is 5.72. The molecule has 0 aromatic heterocycles. The van der Waals surface area contributed by atoms with Gasteiger partial charge in [0.2, 0.25) is 0 Å². The minimum Gasteiger partial charge on any atom is -0.351 e. The van der Waals surface area contributed by atoms with Crippen molar-refractivity contribution in [1.29, 1.82) is 0 Å². The van der Waals surface area contributed by atoms with Gasteiger partial charge in [0.15, 0.2) is 0 Å². The molecule has 0 unspecified atom stereocenters. The molecule has 7 heteroatoms. The van der Waals surface area contributed by atoms with Gasteiger partial charge in [-0.05, 0) is 34.9 Å². The third-order valence-electron chi connectivity index (χ3n) is 4.44. The Morgan fingerprint density at radius 2 is 1.77 bits per heavy atom. The number of rotatable bonds is 9. The molecule has 0 spiro atoms. The molecule has 0 aliphatic carbocycles. The summed E-state index contributed by atoms with van der Waals surface area (Å²) in [5.41, 5.74) is 2.97. The molecule has 0 saturated heterocycles. The molecule has 3 aromatic carbocycles. The standard InChI is InChI=1S/C24H21ClN2O3S/c25-21-11-9-18(10-12-21)17-31-14-13-26-24(28)23(20-6-2-1-3-7-20)16-19-5-4-8-22(15-19)27(29)30/h1-12,15-16H,13-14,17H2,(H,26,28)/b23-16+. The number of hydrogen-bond acceptors (Lipinski definition) is 4. The summed E-state index contributed by atoms with van der Waals surface area (Å²) < 4.78 is 0. The zero-order valence-corrected chi connectivity index (χ0v) is 18.2. The summed E-state index contributed by atoms with van der Waals surface area (Å²) in [5, 5.41) is 14.7. The van der Waals surface area contributed by atoms with Crippen LogP contribution in [-0.4, -0.2) is 23.1 Å². The second kappa shape index (κ2) is 11.3. The van der Waals surface area contributed by atoms with E-state index in [1.165, 1.54) is 17.7 Å². The first-order chi connectivity index (χ1) is 15.0. The van der Waals surface area contributed by atoms with Gasteiger partial charge in [-0.2, -0.15) is 11.8 Å². The second-order valence-corrected chi connectivity index (χ2v) is 8.25. The number of non-ortho nitro benzene ring substituents is 1. The van der Waals surface area contributed by atoms with Crippen LogP contribution in [0.3, 0.4) is 0 Å². The highest BCUT2D eigenvalue weighted by molar-refractivity contribution is 7.98. The lowest BCUT2D eigenvalue weighted by atomic mass is 10.0. The maximum atomic E-state index is 12.9. The smallest absolute Gasteiger partial charge is 0.270 e. The quantitative estimate of drug-likeness (QED) is 0.145. The van der Waals surface area contributed by atoms with Crippen LogP contribution < -0.4 is 5.32 Å². The molecule has 0 atom stereocenters. The molecule has 0 fully saturated rings. The van der Waals surface area contributed by atoms with Crippen LogP contribution >= 0.6 is 23.4 Å². The predicted molar refractivity (Wildman–Crippen MR) is 128 cm³/mol. The first-order valence-corrected chi connectivity index (χ1v) is 11.2. The molecular formula is C24H21ClN2O3S. The number of thioether (sulfide) groups is 1. The zero-order chi connectivity index (χ0) is 22.1. The molecule has 0 aliphatic heterocycles. The van der Waals surface area contributed by atoms with Crippen LogP contribution in [0.5, 0.6) is 0 Å². The number of benzene rings is 3. The molecule has 31 heavy (non-hydrogen) atoms. The third kappa shape index (κ3) is 6.98. The highest BCUT2D eigenvalue weighted by atomic mass is 35.5. The van der Waals surface area contributed by atoms with Crippen molar-refractivity contribution in [2.45, 2.75) is 5.75 Å². The van der Waals surface area contributed by atoms with E-state index >= 15 is 0 Å². The molecule has 0 radical (unpaired) electrons. The van der Waals surface area contributed by atoms with Gasteiger partial charge >= 0.3 is 0 Å². The average Bonchev–Trinajstić information content (AvgIpc) is 2.79. The van der Waals surface area contributed by atoms with E-state index in [1.807, 2.05) is 54.6 Å². The Balaban J connectivity index is 1.65. The molecule has 0 aliphatic rings. The summed E-state index contributed by atoms with van der Waals surface area (Å²) in [4.78, 5) is 23.5. The Morgan fingerprint density at radius 3 is 2.48 bits per heavy atom. The van der Waals surface area contributed by atoms with Crippen molar-refractivity contribution in [1.82, 2.24) is 5.32 Å². The van der Waals surface area contributed by atoms with E-state index in [-0.39, 0.29) is 11.6 Å². The minimum absolute atomic E-state index is 0.0137. The van der Waals surface area contributed by atoms with Gasteiger partial charge < -0.3 is 5.32 Å². The monoisotopic (exact) mass is 452 g/mol. The second-order valence-electron chi connectivity index (χ2n) is 6.71. The SMILES string of the molecule is O=C(NCCSCc1ccc(Cl)cc1)/C(=C/c1cccc([N+](=O)[O-])c1)c1ccccc1. The van der Waals surface area contributed by atoms with Gasteiger partial charge in [-0.3, -0.25) is 14.9 Å². The first kappa shape index (κ1) is 22.6. The number of nitro groups is 1. The number of carbonyl (C=O) groups is 1. The largest absolute Gasteiger partial charge is 0.351 e. The average molecular weight is 453 g/mol. The molecule has 0 bridgehead atoms. The van der Waals surface area contributed by atoms with E-state index in [4.69, 9.17) is 11.6 Å². The van der Waals surface area contributed by atoms with Crippen molar-refractivity contribution >= 4 is 46.6 Å². The summed E-state index contributed by atoms with van der Waals surface area (Å²) in [6.45, 7) is 0.510. The van der Waals surface area contributed by atoms with Crippen molar-refractivity contribution in [3.63, 3.8) is 0 Å². The molecule has 5 nitrogen and oxygen atoms in total. The van der Waals surface area contributed by atoms with Crippen molar-refractivity contribution < 1.29 is 9.72 Å². The van der Waals surface area contributed by atoms with E-state index in [1.54, 1.807) is 30.0 Å². The van der Waals surface area contributed by atoms with Gasteiger partial charge in [-0.25, -0.2) is 0 Å². The van der Waals surface area contributed by atoms with Gasteiger partial charge in [-0.1, -0.05) is 66.2 Å². The van der Waals surface area contributed by atoms with E-state index in [9.17, 15) is 14.9 Å². The maximum absolute atomic E-state index is 12.9. The van der Waals surface area contributed by atoms with Crippen molar-refractivity contribution in [2.24, 2.45) is 0 Å². The van der Waals surface area contributed by atoms with E-state index in [0.29, 0.717) is 22.7 Å². The van der Waals surface area contributed by atoms with Gasteiger partial charge in [-0.15, -0.1) is 0 Å². The van der Waals surface area contributed by atoms with E-state index in [0.717, 1.165) is 17.1 Å². The number of amides is 1. The lowest BCUT2D eigenvalue weighted by Crippen LogP contribution is -2.26. The zero-order valence-electron chi connectivity index (χ0n) is 16.7. The highest BCUT2D eigenvalue weighted by Crippen LogP contribution is 2.21. The Labute approximate surface area is 190 Å². The fourth-order valence-corrected chi connectivity index (χ4v) is 3.84. The summed E-state index contributed by atoms with van der Waals surface area (Å²) in [6, 6.07) is 23.2. The normalized spacial score (nSPS) is 11.2. The Bertz CT molecular complexity index is 1070. The summed E-state index contributed by atoms with van der Waals surface area (Å²) >= 11 is 7.62. The number of nitrogens with one attached hydrogen (secondary N) is 1. The van der Waals surface area contributed by atoms with Crippen LogP contribution in [0.15, 0.2) is 78.9 Å². The molecule has 0 heterocycles. The molecule has 1 N–H and O–H groups in total. The van der Waals surface area contributed by atoms with Gasteiger partial charge in [0.1, 0.15) is 0 Å². The highest BCUT2D eigenvalue weighted by Gasteiger charge is 2.13. The summed E-state index contributed by atoms with van der Waals surface area (Å²) in [6.07, 6.45) is 1.68. The van der Waals surface area contributed by atoms with Gasteiger partial charge in [0.05, 0.1) is 4.92 Å². The van der Waals surface area contributed by atoms with Crippen LogP contribution in [0.4, 0.5) is 5.69 Å². The molecule has 0 saturated carbocycles. The fraction of sp³-hybridized carbons (Fsp3) is 0.125. The van der Waals surface area contributed by atoms with E-state index in [2.05, 4.69) is 5.32 Å². The van der Waals surface area contributed by atoms with Crippen LogP contribution in [0.1, 0.15) is 16.7 Å². The Kier molecular flexibility index (Phi) is 8.27. The Morgan fingerprint density at radius 1 is 1.03 bits per heavy atom. The van der Waals surface area contributed by atoms with Crippen LogP contribution in [-0.2, 0) is 10.5 Å². The lowest BCUT2D eigenvalue weighted by Gasteiger charge is -2.10. The van der Waals surface area contributed by atoms with Crippen LogP contribution in [0.25, 0.3) is 11.6 Å². The number of hydrogen-bond donors (Lipinski definition) is 1. The summed E-state index contributed by atoms with van der Waals surface area (Å²) in [5.74, 6) is 1.37. The first-order valence-electron chi connectivity index (χ1n) is 9.65. The minimum atomic E-state index is -0.447. The van der Waals surface area contributed by atoms with Gasteiger partial charge in [0.25, 0.3) is 11.6 Å².